The van der Waals surface area contributed by atoms with E-state index >= 15 is 0 Å². The molecule has 200 valence electrons. The van der Waals surface area contributed by atoms with Gasteiger partial charge in [0.2, 0.25) is 0 Å². The quantitative estimate of drug-likeness (QED) is 0.220. The first-order valence-electron chi connectivity index (χ1n) is 13.1. The van der Waals surface area contributed by atoms with Crippen LogP contribution in [0.5, 0.6) is 17.2 Å². The Morgan fingerprint density at radius 1 is 1.05 bits per heavy atom. The van der Waals surface area contributed by atoms with Crippen LogP contribution in [0, 0.1) is 25.2 Å². The number of phenols is 1. The second kappa shape index (κ2) is 13.3. The Hall–Kier alpha value is -3.57. The molecule has 0 amide bonds. The zero-order valence-corrected chi connectivity index (χ0v) is 22.4. The topological polar surface area (TPSA) is 95.8 Å². The van der Waals surface area contributed by atoms with Gasteiger partial charge in [0, 0.05) is 32.7 Å². The fraction of sp³-hybridized carbons (Fsp3) is 0.387. The zero-order valence-electron chi connectivity index (χ0n) is 22.4. The van der Waals surface area contributed by atoms with E-state index in [4.69, 9.17) is 14.2 Å². The molecule has 1 heterocycles. The molecule has 0 aromatic heterocycles. The van der Waals surface area contributed by atoms with Crippen LogP contribution in [-0.2, 0) is 16.1 Å². The molecule has 4 rings (SSSR count). The normalized spacial score (nSPS) is 17.1. The lowest BCUT2D eigenvalue weighted by Crippen LogP contribution is -2.40. The van der Waals surface area contributed by atoms with Crippen LogP contribution in [-0.4, -0.2) is 44.6 Å². The minimum atomic E-state index is 0.0336. The molecule has 0 radical (unpaired) electrons. The molecule has 0 bridgehead atoms. The monoisotopic (exact) mass is 515 g/mol. The van der Waals surface area contributed by atoms with E-state index in [-0.39, 0.29) is 17.8 Å². The molecule has 7 heteroatoms. The van der Waals surface area contributed by atoms with Gasteiger partial charge >= 0.3 is 0 Å². The fourth-order valence-corrected chi connectivity index (χ4v) is 4.92. The van der Waals surface area contributed by atoms with E-state index in [1.165, 1.54) is 5.56 Å². The van der Waals surface area contributed by atoms with Crippen molar-refractivity contribution < 1.29 is 19.3 Å². The highest BCUT2D eigenvalue weighted by Gasteiger charge is 2.27. The molecule has 1 aliphatic heterocycles. The number of piperidine rings is 1. The molecule has 1 saturated heterocycles. The molecule has 2 atom stereocenters. The van der Waals surface area contributed by atoms with Gasteiger partial charge in [-0.15, -0.1) is 0 Å². The van der Waals surface area contributed by atoms with Crippen molar-refractivity contribution in [3.8, 4) is 23.3 Å². The molecule has 0 aliphatic carbocycles. The number of phenolic OH excluding ortho intramolecular Hbond substituents is 1. The van der Waals surface area contributed by atoms with E-state index < -0.39 is 0 Å². The first-order chi connectivity index (χ1) is 18.5. The molecular formula is C31H37N3O4. The van der Waals surface area contributed by atoms with Gasteiger partial charge in [-0.25, -0.2) is 0 Å². The number of benzene rings is 3. The number of rotatable bonds is 11. The molecule has 1 unspecified atom stereocenters. The number of hydrogen-bond donors (Lipinski definition) is 3. The summed E-state index contributed by atoms with van der Waals surface area (Å²) in [6.45, 7) is 7.45. The molecule has 0 saturated carbocycles. The third-order valence-corrected chi connectivity index (χ3v) is 6.95. The predicted octanol–water partition coefficient (Wildman–Crippen LogP) is 5.78. The average molecular weight is 516 g/mol. The first kappa shape index (κ1) is 27.5. The molecule has 38 heavy (non-hydrogen) atoms. The number of nitrogens with zero attached hydrogens (tertiary/aromatic N) is 1. The lowest BCUT2D eigenvalue weighted by atomic mass is 9.87. The molecule has 3 aromatic carbocycles. The summed E-state index contributed by atoms with van der Waals surface area (Å²) in [6, 6.07) is 19.9. The standard InChI is InChI=1S/C31H37N3O4/c1-21-15-26(16-22(2)28(21)18-32)38-25-8-6-24(7-9-25)27-11-13-33-19-31(27)37-20-23-5-10-30(35)29(17-23)34-12-4-14-36-3/h5-10,15-17,27,31,33-35H,4,11-14,19-20H2,1-3H3/t27-,31?/m1/s1. The van der Waals surface area contributed by atoms with Gasteiger partial charge in [-0.3, -0.25) is 0 Å². The minimum Gasteiger partial charge on any atom is -0.506 e. The molecule has 3 N–H and O–H groups in total. The maximum Gasteiger partial charge on any atom is 0.138 e. The summed E-state index contributed by atoms with van der Waals surface area (Å²) in [4.78, 5) is 0. The highest BCUT2D eigenvalue weighted by atomic mass is 16.5. The largest absolute Gasteiger partial charge is 0.506 e. The van der Waals surface area contributed by atoms with E-state index in [9.17, 15) is 10.4 Å². The van der Waals surface area contributed by atoms with Crippen LogP contribution in [0.15, 0.2) is 54.6 Å². The Bertz CT molecular complexity index is 1230. The van der Waals surface area contributed by atoms with Gasteiger partial charge in [0.15, 0.2) is 0 Å². The van der Waals surface area contributed by atoms with Gasteiger partial charge in [0.25, 0.3) is 0 Å². The number of nitrogens with one attached hydrogen (secondary N) is 2. The van der Waals surface area contributed by atoms with Crippen molar-refractivity contribution in [3.05, 3.63) is 82.4 Å². The van der Waals surface area contributed by atoms with Crippen LogP contribution in [0.1, 0.15) is 46.6 Å². The van der Waals surface area contributed by atoms with Crippen LogP contribution in [0.2, 0.25) is 0 Å². The van der Waals surface area contributed by atoms with Gasteiger partial charge in [-0.1, -0.05) is 18.2 Å². The number of methoxy groups -OCH3 is 1. The van der Waals surface area contributed by atoms with E-state index in [0.717, 1.165) is 60.7 Å². The summed E-state index contributed by atoms with van der Waals surface area (Å²) >= 11 is 0. The zero-order chi connectivity index (χ0) is 26.9. The van der Waals surface area contributed by atoms with Crippen molar-refractivity contribution >= 4 is 5.69 Å². The van der Waals surface area contributed by atoms with E-state index in [0.29, 0.717) is 24.5 Å². The Balaban J connectivity index is 1.38. The molecule has 7 nitrogen and oxygen atoms in total. The van der Waals surface area contributed by atoms with Crippen LogP contribution in [0.25, 0.3) is 0 Å². The third-order valence-electron chi connectivity index (χ3n) is 6.95. The van der Waals surface area contributed by atoms with Crippen molar-refractivity contribution in [1.29, 1.82) is 5.26 Å². The summed E-state index contributed by atoms with van der Waals surface area (Å²) in [5.41, 5.74) is 5.48. The lowest BCUT2D eigenvalue weighted by molar-refractivity contribution is 0.0106. The average Bonchev–Trinajstić information content (AvgIpc) is 2.92. The molecule has 0 spiro atoms. The van der Waals surface area contributed by atoms with Gasteiger partial charge in [-0.2, -0.15) is 5.26 Å². The van der Waals surface area contributed by atoms with Crippen molar-refractivity contribution in [2.75, 3.05) is 38.7 Å². The number of anilines is 1. The smallest absolute Gasteiger partial charge is 0.138 e. The summed E-state index contributed by atoms with van der Waals surface area (Å²) in [5.74, 6) is 2.00. The number of ether oxygens (including phenoxy) is 3. The van der Waals surface area contributed by atoms with E-state index in [1.807, 2.05) is 50.2 Å². The van der Waals surface area contributed by atoms with E-state index in [2.05, 4.69) is 28.8 Å². The van der Waals surface area contributed by atoms with Gasteiger partial charge in [0.05, 0.1) is 30.0 Å². The number of hydrogen-bond acceptors (Lipinski definition) is 7. The van der Waals surface area contributed by atoms with Gasteiger partial charge < -0.3 is 30.0 Å². The maximum absolute atomic E-state index is 10.2. The van der Waals surface area contributed by atoms with Crippen molar-refractivity contribution in [2.45, 2.75) is 45.3 Å². The van der Waals surface area contributed by atoms with E-state index in [1.54, 1.807) is 13.2 Å². The Kier molecular flexibility index (Phi) is 9.61. The van der Waals surface area contributed by atoms with Crippen LogP contribution in [0.3, 0.4) is 0 Å². The van der Waals surface area contributed by atoms with Gasteiger partial charge in [-0.05, 0) is 91.9 Å². The fourth-order valence-electron chi connectivity index (χ4n) is 4.92. The number of nitriles is 1. The van der Waals surface area contributed by atoms with Crippen LogP contribution in [0.4, 0.5) is 5.69 Å². The third kappa shape index (κ3) is 7.05. The van der Waals surface area contributed by atoms with Crippen LogP contribution >= 0.6 is 0 Å². The maximum atomic E-state index is 10.2. The first-order valence-corrected chi connectivity index (χ1v) is 13.1. The highest BCUT2D eigenvalue weighted by molar-refractivity contribution is 5.57. The van der Waals surface area contributed by atoms with Crippen LogP contribution < -0.4 is 15.4 Å². The summed E-state index contributed by atoms with van der Waals surface area (Å²) in [5, 5.41) is 26.2. The molecule has 1 fully saturated rings. The molecular weight excluding hydrogens is 478 g/mol. The number of aryl methyl sites for hydroxylation is 2. The SMILES string of the molecule is COCCCNc1cc(COC2CNCC[C@@H]2c2ccc(Oc3cc(C)c(C#N)c(C)c3)cc2)ccc1O. The Labute approximate surface area is 225 Å². The van der Waals surface area contributed by atoms with Crippen molar-refractivity contribution in [2.24, 2.45) is 0 Å². The second-order valence-corrected chi connectivity index (χ2v) is 9.79. The van der Waals surface area contributed by atoms with Crippen molar-refractivity contribution in [3.63, 3.8) is 0 Å². The summed E-state index contributed by atoms with van der Waals surface area (Å²) in [7, 11) is 1.68. The minimum absolute atomic E-state index is 0.0336. The molecule has 3 aromatic rings. The summed E-state index contributed by atoms with van der Waals surface area (Å²) in [6.07, 6.45) is 1.88. The summed E-state index contributed by atoms with van der Waals surface area (Å²) < 4.78 is 17.6. The molecule has 1 aliphatic rings. The lowest BCUT2D eigenvalue weighted by Gasteiger charge is -2.32. The number of aromatic hydroxyl groups is 1. The highest BCUT2D eigenvalue weighted by Crippen LogP contribution is 2.32. The predicted molar refractivity (Wildman–Crippen MR) is 149 cm³/mol. The second-order valence-electron chi connectivity index (χ2n) is 9.79. The van der Waals surface area contributed by atoms with Gasteiger partial charge in [0.1, 0.15) is 17.2 Å². The Morgan fingerprint density at radius 2 is 1.82 bits per heavy atom. The Morgan fingerprint density at radius 3 is 2.53 bits per heavy atom. The van der Waals surface area contributed by atoms with Crippen molar-refractivity contribution in [1.82, 2.24) is 5.32 Å².